The van der Waals surface area contributed by atoms with E-state index in [9.17, 15) is 18.0 Å². The Balaban J connectivity index is 2.05. The van der Waals surface area contributed by atoms with Crippen molar-refractivity contribution in [3.63, 3.8) is 0 Å². The van der Waals surface area contributed by atoms with Gasteiger partial charge in [0.05, 0.1) is 12.8 Å². The van der Waals surface area contributed by atoms with Gasteiger partial charge >= 0.3 is 6.18 Å². The second-order valence-corrected chi connectivity index (χ2v) is 5.43. The molecule has 0 N–H and O–H groups in total. The maximum absolute atomic E-state index is 12.7. The van der Waals surface area contributed by atoms with Gasteiger partial charge in [-0.2, -0.15) is 13.2 Å². The Morgan fingerprint density at radius 3 is 2.58 bits per heavy atom. The lowest BCUT2D eigenvalue weighted by Gasteiger charge is -2.23. The molecule has 0 atom stereocenters. The molecule has 0 bridgehead atoms. The van der Waals surface area contributed by atoms with Gasteiger partial charge in [0.1, 0.15) is 18.1 Å². The van der Waals surface area contributed by atoms with Crippen LogP contribution in [0.4, 0.5) is 13.2 Å². The number of alkyl halides is 3. The molecule has 0 aliphatic rings. The Morgan fingerprint density at radius 1 is 1.21 bits per heavy atom. The zero-order valence-corrected chi connectivity index (χ0v) is 13.4. The molecule has 0 saturated carbocycles. The highest BCUT2D eigenvalue weighted by atomic mass is 19.4. The Morgan fingerprint density at radius 2 is 1.96 bits per heavy atom. The SMILES string of the molecule is Cc1cccc(OCC(=O)N(Cc2ccco2)CC(F)(F)F)c1C. The van der Waals surface area contributed by atoms with E-state index < -0.39 is 25.2 Å². The normalized spacial score (nSPS) is 11.4. The van der Waals surface area contributed by atoms with Crippen LogP contribution < -0.4 is 4.74 Å². The number of amides is 1. The van der Waals surface area contributed by atoms with Gasteiger partial charge < -0.3 is 14.1 Å². The van der Waals surface area contributed by atoms with Crippen LogP contribution in [0.15, 0.2) is 41.0 Å². The van der Waals surface area contributed by atoms with E-state index in [4.69, 9.17) is 9.15 Å². The molecular weight excluding hydrogens is 323 g/mol. The summed E-state index contributed by atoms with van der Waals surface area (Å²) >= 11 is 0. The molecule has 24 heavy (non-hydrogen) atoms. The molecule has 1 aromatic heterocycles. The number of benzene rings is 1. The summed E-state index contributed by atoms with van der Waals surface area (Å²) in [6, 6.07) is 8.39. The Kier molecular flexibility index (Phi) is 5.54. The summed E-state index contributed by atoms with van der Waals surface area (Å²) in [6.45, 7) is 1.62. The highest BCUT2D eigenvalue weighted by Gasteiger charge is 2.33. The summed E-state index contributed by atoms with van der Waals surface area (Å²) in [7, 11) is 0. The molecule has 0 unspecified atom stereocenters. The van der Waals surface area contributed by atoms with Crippen LogP contribution in [0, 0.1) is 13.8 Å². The second kappa shape index (κ2) is 7.42. The largest absolute Gasteiger partial charge is 0.483 e. The molecule has 0 radical (unpaired) electrons. The van der Waals surface area contributed by atoms with Crippen LogP contribution >= 0.6 is 0 Å². The van der Waals surface area contributed by atoms with Crippen LogP contribution in [0.3, 0.4) is 0 Å². The third-order valence-electron chi connectivity index (χ3n) is 3.56. The van der Waals surface area contributed by atoms with Crippen LogP contribution in [0.25, 0.3) is 0 Å². The number of carbonyl (C=O) groups is 1. The van der Waals surface area contributed by atoms with Gasteiger partial charge in [0.25, 0.3) is 5.91 Å². The Labute approximate surface area is 137 Å². The molecule has 0 fully saturated rings. The summed E-state index contributed by atoms with van der Waals surface area (Å²) < 4.78 is 48.6. The minimum absolute atomic E-state index is 0.262. The topological polar surface area (TPSA) is 42.7 Å². The van der Waals surface area contributed by atoms with Crippen LogP contribution in [-0.4, -0.2) is 30.1 Å². The fraction of sp³-hybridized carbons (Fsp3) is 0.353. The molecule has 2 rings (SSSR count). The highest BCUT2D eigenvalue weighted by Crippen LogP contribution is 2.22. The third kappa shape index (κ3) is 5.04. The Hall–Kier alpha value is -2.44. The minimum Gasteiger partial charge on any atom is -0.483 e. The lowest BCUT2D eigenvalue weighted by atomic mass is 10.1. The first-order chi connectivity index (χ1) is 11.3. The van der Waals surface area contributed by atoms with Gasteiger partial charge in [-0.25, -0.2) is 0 Å². The van der Waals surface area contributed by atoms with E-state index in [2.05, 4.69) is 0 Å². The van der Waals surface area contributed by atoms with Crippen molar-refractivity contribution in [1.29, 1.82) is 0 Å². The monoisotopic (exact) mass is 341 g/mol. The van der Waals surface area contributed by atoms with Gasteiger partial charge in [0.15, 0.2) is 6.61 Å². The molecule has 0 spiro atoms. The van der Waals surface area contributed by atoms with E-state index in [0.717, 1.165) is 11.1 Å². The zero-order valence-electron chi connectivity index (χ0n) is 13.4. The molecule has 0 saturated heterocycles. The minimum atomic E-state index is -4.50. The van der Waals surface area contributed by atoms with Gasteiger partial charge in [0.2, 0.25) is 0 Å². The van der Waals surface area contributed by atoms with Gasteiger partial charge in [-0.05, 0) is 43.2 Å². The number of rotatable bonds is 6. The van der Waals surface area contributed by atoms with E-state index in [-0.39, 0.29) is 12.3 Å². The maximum Gasteiger partial charge on any atom is 0.406 e. The number of aryl methyl sites for hydroxylation is 1. The lowest BCUT2D eigenvalue weighted by Crippen LogP contribution is -2.40. The van der Waals surface area contributed by atoms with Crippen LogP contribution in [0.2, 0.25) is 0 Å². The van der Waals surface area contributed by atoms with Crippen molar-refractivity contribution in [1.82, 2.24) is 4.90 Å². The van der Waals surface area contributed by atoms with E-state index in [1.165, 1.54) is 12.3 Å². The lowest BCUT2D eigenvalue weighted by molar-refractivity contribution is -0.164. The van der Waals surface area contributed by atoms with Gasteiger partial charge in [-0.15, -0.1) is 0 Å². The summed E-state index contributed by atoms with van der Waals surface area (Å²) in [5.74, 6) is -0.00252. The van der Waals surface area contributed by atoms with Crippen LogP contribution in [-0.2, 0) is 11.3 Å². The van der Waals surface area contributed by atoms with Crippen LogP contribution in [0.1, 0.15) is 16.9 Å². The van der Waals surface area contributed by atoms with Gasteiger partial charge in [0, 0.05) is 0 Å². The first kappa shape index (κ1) is 17.9. The van der Waals surface area contributed by atoms with E-state index >= 15 is 0 Å². The van der Waals surface area contributed by atoms with Crippen molar-refractivity contribution < 1.29 is 27.1 Å². The summed E-state index contributed by atoms with van der Waals surface area (Å²) in [6.07, 6.45) is -3.15. The number of halogens is 3. The molecule has 1 heterocycles. The number of ether oxygens (including phenoxy) is 1. The molecule has 1 amide bonds. The standard InChI is InChI=1S/C17H18F3NO3/c1-12-5-3-7-15(13(12)2)24-10-16(22)21(11-17(18,19)20)9-14-6-4-8-23-14/h3-8H,9-11H2,1-2H3. The quantitative estimate of drug-likeness (QED) is 0.801. The summed E-state index contributed by atoms with van der Waals surface area (Å²) in [4.78, 5) is 12.8. The fourth-order valence-electron chi connectivity index (χ4n) is 2.15. The molecule has 0 aliphatic heterocycles. The fourth-order valence-corrected chi connectivity index (χ4v) is 2.15. The Bertz CT molecular complexity index is 681. The highest BCUT2D eigenvalue weighted by molar-refractivity contribution is 5.77. The van der Waals surface area contributed by atoms with Crippen molar-refractivity contribution >= 4 is 5.91 Å². The molecule has 4 nitrogen and oxygen atoms in total. The number of carbonyl (C=O) groups excluding carboxylic acids is 1. The smallest absolute Gasteiger partial charge is 0.406 e. The average molecular weight is 341 g/mol. The third-order valence-corrected chi connectivity index (χ3v) is 3.56. The van der Waals surface area contributed by atoms with Gasteiger partial charge in [-0.1, -0.05) is 12.1 Å². The predicted octanol–water partition coefficient (Wildman–Crippen LogP) is 3.87. The van der Waals surface area contributed by atoms with Crippen molar-refractivity contribution in [2.75, 3.05) is 13.2 Å². The van der Waals surface area contributed by atoms with Crippen molar-refractivity contribution in [2.24, 2.45) is 0 Å². The summed E-state index contributed by atoms with van der Waals surface area (Å²) in [5.41, 5.74) is 1.82. The molecule has 7 heteroatoms. The van der Waals surface area contributed by atoms with E-state index in [1.54, 1.807) is 18.2 Å². The molecule has 0 aliphatic carbocycles. The maximum atomic E-state index is 12.7. The predicted molar refractivity (Wildman–Crippen MR) is 81.6 cm³/mol. The van der Waals surface area contributed by atoms with Crippen molar-refractivity contribution in [2.45, 2.75) is 26.6 Å². The molecule has 2 aromatic rings. The van der Waals surface area contributed by atoms with Gasteiger partial charge in [-0.3, -0.25) is 4.79 Å². The molecule has 130 valence electrons. The average Bonchev–Trinajstić information content (AvgIpc) is 2.99. The molecule has 1 aromatic carbocycles. The first-order valence-electron chi connectivity index (χ1n) is 7.32. The van der Waals surface area contributed by atoms with E-state index in [0.29, 0.717) is 10.6 Å². The number of nitrogens with zero attached hydrogens (tertiary/aromatic N) is 1. The zero-order chi connectivity index (χ0) is 17.7. The molecular formula is C17H18F3NO3. The van der Waals surface area contributed by atoms with E-state index in [1.807, 2.05) is 19.9 Å². The number of furan rings is 1. The van der Waals surface area contributed by atoms with Crippen molar-refractivity contribution in [3.8, 4) is 5.75 Å². The van der Waals surface area contributed by atoms with Crippen LogP contribution in [0.5, 0.6) is 5.75 Å². The second-order valence-electron chi connectivity index (χ2n) is 5.43. The first-order valence-corrected chi connectivity index (χ1v) is 7.32. The number of hydrogen-bond acceptors (Lipinski definition) is 3. The van der Waals surface area contributed by atoms with Crippen molar-refractivity contribution in [3.05, 3.63) is 53.5 Å². The number of hydrogen-bond donors (Lipinski definition) is 0. The summed E-state index contributed by atoms with van der Waals surface area (Å²) in [5, 5.41) is 0.